The molecule has 41 heavy (non-hydrogen) atoms. The standard InChI is InChI=1S/C29H50N2O10/c1-26(2,3)38-22(34)16-30(17-23(35)39-27(4,5)6)20(32)14-13-15-21(33)31(18-24(36)40-28(7,8)9)19-25(37)41-29(10,11)12/h13-19H2,1-12H3. The van der Waals surface area contributed by atoms with E-state index < -0.39 is 84.3 Å². The average molecular weight is 587 g/mol. The number of rotatable bonds is 12. The molecule has 12 nitrogen and oxygen atoms in total. The largest absolute Gasteiger partial charge is 0.459 e. The van der Waals surface area contributed by atoms with Crippen molar-refractivity contribution in [2.24, 2.45) is 0 Å². The fourth-order valence-corrected chi connectivity index (χ4v) is 3.29. The molecule has 2 amide bonds. The summed E-state index contributed by atoms with van der Waals surface area (Å²) in [4.78, 5) is 77.6. The third-order valence-corrected chi connectivity index (χ3v) is 4.45. The van der Waals surface area contributed by atoms with Gasteiger partial charge < -0.3 is 28.7 Å². The summed E-state index contributed by atoms with van der Waals surface area (Å²) in [5.74, 6) is -3.95. The molecule has 0 fully saturated rings. The van der Waals surface area contributed by atoms with E-state index in [2.05, 4.69) is 0 Å². The van der Waals surface area contributed by atoms with Crippen molar-refractivity contribution in [3.63, 3.8) is 0 Å². The number of esters is 4. The highest BCUT2D eigenvalue weighted by Crippen LogP contribution is 2.14. The molecular formula is C29H50N2O10. The molecule has 0 aromatic heterocycles. The first-order valence-electron chi connectivity index (χ1n) is 13.7. The maximum Gasteiger partial charge on any atom is 0.326 e. The van der Waals surface area contributed by atoms with Crippen LogP contribution in [0.25, 0.3) is 0 Å². The molecular weight excluding hydrogens is 536 g/mol. The Balaban J connectivity index is 5.49. The molecule has 0 saturated heterocycles. The summed E-state index contributed by atoms with van der Waals surface area (Å²) < 4.78 is 21.1. The van der Waals surface area contributed by atoms with Gasteiger partial charge >= 0.3 is 23.9 Å². The maximum atomic E-state index is 13.0. The number of carbonyl (C=O) groups excluding carboxylic acids is 6. The third kappa shape index (κ3) is 20.4. The van der Waals surface area contributed by atoms with Gasteiger partial charge in [0.15, 0.2) is 0 Å². The zero-order valence-corrected chi connectivity index (χ0v) is 26.9. The van der Waals surface area contributed by atoms with Crippen LogP contribution in [0.2, 0.25) is 0 Å². The number of carbonyl (C=O) groups is 6. The van der Waals surface area contributed by atoms with Gasteiger partial charge in [-0.2, -0.15) is 0 Å². The smallest absolute Gasteiger partial charge is 0.326 e. The van der Waals surface area contributed by atoms with Crippen LogP contribution in [0.5, 0.6) is 0 Å². The van der Waals surface area contributed by atoms with Gasteiger partial charge in [0.05, 0.1) is 0 Å². The Morgan fingerprint density at radius 1 is 0.415 bits per heavy atom. The van der Waals surface area contributed by atoms with Gasteiger partial charge in [-0.3, -0.25) is 28.8 Å². The minimum atomic E-state index is -0.796. The van der Waals surface area contributed by atoms with Gasteiger partial charge in [0, 0.05) is 12.8 Å². The van der Waals surface area contributed by atoms with Crippen molar-refractivity contribution in [3.8, 4) is 0 Å². The number of ether oxygens (including phenoxy) is 4. The second-order valence-electron chi connectivity index (χ2n) is 13.7. The normalized spacial score (nSPS) is 12.2. The van der Waals surface area contributed by atoms with Crippen LogP contribution in [0.15, 0.2) is 0 Å². The molecule has 0 unspecified atom stereocenters. The van der Waals surface area contributed by atoms with Crippen molar-refractivity contribution in [2.75, 3.05) is 26.2 Å². The monoisotopic (exact) mass is 586 g/mol. The predicted octanol–water partition coefficient (Wildman–Crippen LogP) is 3.18. The molecule has 0 aliphatic rings. The summed E-state index contributed by atoms with van der Waals surface area (Å²) in [6.45, 7) is 18.2. The Kier molecular flexibility index (Phi) is 14.0. The third-order valence-electron chi connectivity index (χ3n) is 4.45. The molecule has 0 rings (SSSR count). The molecule has 0 saturated carbocycles. The van der Waals surface area contributed by atoms with Crippen molar-refractivity contribution < 1.29 is 47.7 Å². The highest BCUT2D eigenvalue weighted by molar-refractivity contribution is 5.88. The maximum absolute atomic E-state index is 13.0. The Labute approximate surface area is 244 Å². The van der Waals surface area contributed by atoms with Gasteiger partial charge in [-0.05, 0) is 89.5 Å². The Morgan fingerprint density at radius 3 is 0.780 bits per heavy atom. The molecule has 0 heterocycles. The molecule has 0 radical (unpaired) electrons. The van der Waals surface area contributed by atoms with Crippen LogP contribution >= 0.6 is 0 Å². The van der Waals surface area contributed by atoms with Crippen LogP contribution in [-0.4, -0.2) is 94.1 Å². The molecule has 12 heteroatoms. The highest BCUT2D eigenvalue weighted by atomic mass is 16.6. The first-order chi connectivity index (χ1) is 18.3. The van der Waals surface area contributed by atoms with E-state index in [4.69, 9.17) is 18.9 Å². The predicted molar refractivity (Wildman–Crippen MR) is 150 cm³/mol. The van der Waals surface area contributed by atoms with Gasteiger partial charge in [0.2, 0.25) is 11.8 Å². The lowest BCUT2D eigenvalue weighted by atomic mass is 10.2. The Bertz CT molecular complexity index is 811. The van der Waals surface area contributed by atoms with Crippen molar-refractivity contribution in [1.29, 1.82) is 0 Å². The number of nitrogens with zero attached hydrogens (tertiary/aromatic N) is 2. The molecule has 236 valence electrons. The first-order valence-corrected chi connectivity index (χ1v) is 13.7. The van der Waals surface area contributed by atoms with Gasteiger partial charge in [-0.25, -0.2) is 0 Å². The van der Waals surface area contributed by atoms with Gasteiger partial charge in [-0.15, -0.1) is 0 Å². The summed E-state index contributed by atoms with van der Waals surface area (Å²) in [7, 11) is 0. The molecule has 0 spiro atoms. The van der Waals surface area contributed by atoms with Crippen molar-refractivity contribution in [2.45, 2.75) is 125 Å². The molecule has 0 aromatic rings. The highest BCUT2D eigenvalue weighted by Gasteiger charge is 2.29. The minimum Gasteiger partial charge on any atom is -0.459 e. The quantitative estimate of drug-likeness (QED) is 0.247. The van der Waals surface area contributed by atoms with Crippen LogP contribution in [0.1, 0.15) is 102 Å². The summed E-state index contributed by atoms with van der Waals surface area (Å²) in [6.07, 6.45) is -0.357. The average Bonchev–Trinajstić information content (AvgIpc) is 2.66. The van der Waals surface area contributed by atoms with Crippen LogP contribution < -0.4 is 0 Å². The molecule has 0 aliphatic carbocycles. The zero-order valence-electron chi connectivity index (χ0n) is 26.9. The fraction of sp³-hybridized carbons (Fsp3) is 0.793. The van der Waals surface area contributed by atoms with E-state index in [9.17, 15) is 28.8 Å². The van der Waals surface area contributed by atoms with Gasteiger partial charge in [-0.1, -0.05) is 0 Å². The van der Waals surface area contributed by atoms with Crippen molar-refractivity contribution in [3.05, 3.63) is 0 Å². The van der Waals surface area contributed by atoms with E-state index in [0.717, 1.165) is 9.80 Å². The van der Waals surface area contributed by atoms with E-state index >= 15 is 0 Å². The molecule has 0 bridgehead atoms. The summed E-state index contributed by atoms with van der Waals surface area (Å²) in [5.41, 5.74) is -3.18. The van der Waals surface area contributed by atoms with Crippen LogP contribution in [-0.2, 0) is 47.7 Å². The lowest BCUT2D eigenvalue weighted by Crippen LogP contribution is -2.44. The van der Waals surface area contributed by atoms with Crippen LogP contribution in [0, 0.1) is 0 Å². The number of amides is 2. The second kappa shape index (κ2) is 15.2. The molecule has 0 aliphatic heterocycles. The molecule has 0 aromatic carbocycles. The topological polar surface area (TPSA) is 146 Å². The zero-order chi connectivity index (χ0) is 32.4. The summed E-state index contributed by atoms with van der Waals surface area (Å²) >= 11 is 0. The minimum absolute atomic E-state index is 0.0238. The Hall–Kier alpha value is -3.18. The SMILES string of the molecule is CC(C)(C)OC(=O)CN(CC(=O)OC(C)(C)C)C(=O)CCCC(=O)N(CC(=O)OC(C)(C)C)CC(=O)OC(C)(C)C. The van der Waals surface area contributed by atoms with E-state index in [1.807, 2.05) is 0 Å². The summed E-state index contributed by atoms with van der Waals surface area (Å²) in [6, 6.07) is 0. The molecule has 0 N–H and O–H groups in total. The lowest BCUT2D eigenvalue weighted by Gasteiger charge is -2.27. The van der Waals surface area contributed by atoms with Gasteiger partial charge in [0.25, 0.3) is 0 Å². The van der Waals surface area contributed by atoms with Gasteiger partial charge in [0.1, 0.15) is 48.6 Å². The van der Waals surface area contributed by atoms with Crippen LogP contribution in [0.3, 0.4) is 0 Å². The summed E-state index contributed by atoms with van der Waals surface area (Å²) in [5, 5.41) is 0. The van der Waals surface area contributed by atoms with E-state index in [1.165, 1.54) is 0 Å². The van der Waals surface area contributed by atoms with Crippen molar-refractivity contribution in [1.82, 2.24) is 9.80 Å². The number of hydrogen-bond donors (Lipinski definition) is 0. The second-order valence-corrected chi connectivity index (χ2v) is 13.7. The Morgan fingerprint density at radius 2 is 0.610 bits per heavy atom. The van der Waals surface area contributed by atoms with E-state index in [-0.39, 0.29) is 19.3 Å². The molecule has 0 atom stereocenters. The number of hydrogen-bond acceptors (Lipinski definition) is 10. The van der Waals surface area contributed by atoms with Crippen LogP contribution in [0.4, 0.5) is 0 Å². The van der Waals surface area contributed by atoms with E-state index in [0.29, 0.717) is 0 Å². The fourth-order valence-electron chi connectivity index (χ4n) is 3.29. The van der Waals surface area contributed by atoms with E-state index in [1.54, 1.807) is 83.1 Å². The van der Waals surface area contributed by atoms with Crippen molar-refractivity contribution >= 4 is 35.7 Å². The first kappa shape index (κ1) is 37.8. The lowest BCUT2D eigenvalue weighted by molar-refractivity contribution is -0.164.